The van der Waals surface area contributed by atoms with Crippen LogP contribution in [0.15, 0.2) is 23.2 Å². The number of aryl methyl sites for hydroxylation is 1. The van der Waals surface area contributed by atoms with Gasteiger partial charge < -0.3 is 25.8 Å². The summed E-state index contributed by atoms with van der Waals surface area (Å²) in [5, 5.41) is 6.36. The smallest absolute Gasteiger partial charge is 0.224 e. The number of carbonyl (C=O) groups excluding carboxylic acids is 1. The van der Waals surface area contributed by atoms with Gasteiger partial charge in [-0.05, 0) is 46.2 Å². The molecule has 7 nitrogen and oxygen atoms in total. The van der Waals surface area contributed by atoms with Crippen LogP contribution < -0.4 is 21.1 Å². The molecule has 0 aromatic heterocycles. The number of hydrogen-bond donors (Lipinski definition) is 3. The molecule has 0 unspecified atom stereocenters. The lowest BCUT2D eigenvalue weighted by atomic mass is 9.93. The molecule has 1 aromatic rings. The van der Waals surface area contributed by atoms with E-state index in [1.165, 1.54) is 0 Å². The molecular formula is C20H34N4O3. The van der Waals surface area contributed by atoms with Crippen LogP contribution in [0, 0.1) is 12.3 Å². The third-order valence-corrected chi connectivity index (χ3v) is 4.03. The highest BCUT2D eigenvalue weighted by Crippen LogP contribution is 2.21. The molecular weight excluding hydrogens is 344 g/mol. The zero-order chi connectivity index (χ0) is 20.3. The summed E-state index contributed by atoms with van der Waals surface area (Å²) in [5.41, 5.74) is 6.89. The molecule has 1 aromatic carbocycles. The molecule has 7 heteroatoms. The van der Waals surface area contributed by atoms with Gasteiger partial charge in [-0.2, -0.15) is 0 Å². The molecule has 0 saturated carbocycles. The summed E-state index contributed by atoms with van der Waals surface area (Å²) in [7, 11) is 0. The number of carbonyl (C=O) groups is 1. The Labute approximate surface area is 162 Å². The Balaban J connectivity index is 2.81. The summed E-state index contributed by atoms with van der Waals surface area (Å²) < 4.78 is 11.2. The van der Waals surface area contributed by atoms with Crippen molar-refractivity contribution in [2.75, 3.05) is 32.9 Å². The third-order valence-electron chi connectivity index (χ3n) is 4.03. The number of aliphatic imine (C=N–C) groups is 1. The Morgan fingerprint density at radius 1 is 1.22 bits per heavy atom. The van der Waals surface area contributed by atoms with E-state index in [2.05, 4.69) is 15.6 Å². The maximum Gasteiger partial charge on any atom is 0.224 e. The van der Waals surface area contributed by atoms with Crippen molar-refractivity contribution in [1.82, 2.24) is 10.6 Å². The monoisotopic (exact) mass is 378 g/mol. The van der Waals surface area contributed by atoms with Gasteiger partial charge in [0.2, 0.25) is 5.91 Å². The average molecular weight is 379 g/mol. The van der Waals surface area contributed by atoms with Crippen molar-refractivity contribution in [2.24, 2.45) is 16.1 Å². The van der Waals surface area contributed by atoms with E-state index < -0.39 is 5.41 Å². The maximum absolute atomic E-state index is 11.5. The quantitative estimate of drug-likeness (QED) is 0.311. The van der Waals surface area contributed by atoms with Gasteiger partial charge in [0, 0.05) is 25.3 Å². The summed E-state index contributed by atoms with van der Waals surface area (Å²) in [6.45, 7) is 12.9. The molecule has 0 spiro atoms. The number of ether oxygens (including phenoxy) is 2. The summed E-state index contributed by atoms with van der Waals surface area (Å²) >= 11 is 0. The van der Waals surface area contributed by atoms with Crippen molar-refractivity contribution >= 4 is 11.9 Å². The predicted octanol–water partition coefficient (Wildman–Crippen LogP) is 1.98. The lowest BCUT2D eigenvalue weighted by Gasteiger charge is -2.22. The van der Waals surface area contributed by atoms with Crippen molar-refractivity contribution in [3.63, 3.8) is 0 Å². The standard InChI is InChI=1S/C20H34N4O3/c1-6-22-19(24-14-20(4,5)18(21)25)23-13-16-9-8-15(3)12-17(16)27-11-10-26-7-2/h8-9,12H,6-7,10-11,13-14H2,1-5H3,(H2,21,25)(H2,22,23,24). The van der Waals surface area contributed by atoms with Crippen LogP contribution in [0.1, 0.15) is 38.8 Å². The fourth-order valence-electron chi connectivity index (χ4n) is 2.18. The molecule has 0 radical (unpaired) electrons. The first kappa shape index (κ1) is 22.8. The second-order valence-corrected chi connectivity index (χ2v) is 6.95. The number of rotatable bonds is 11. The van der Waals surface area contributed by atoms with E-state index in [1.54, 1.807) is 13.8 Å². The summed E-state index contributed by atoms with van der Waals surface area (Å²) in [4.78, 5) is 16.1. The summed E-state index contributed by atoms with van der Waals surface area (Å²) in [5.74, 6) is 1.09. The SMILES string of the molecule is CCNC(=NCc1ccc(C)cc1OCCOCC)NCC(C)(C)C(N)=O. The first-order valence-electron chi connectivity index (χ1n) is 9.42. The van der Waals surface area contributed by atoms with Crippen LogP contribution in [0.25, 0.3) is 0 Å². The van der Waals surface area contributed by atoms with E-state index >= 15 is 0 Å². The molecule has 0 atom stereocenters. The summed E-state index contributed by atoms with van der Waals surface area (Å²) in [6.07, 6.45) is 0. The van der Waals surface area contributed by atoms with Crippen molar-refractivity contribution in [1.29, 1.82) is 0 Å². The van der Waals surface area contributed by atoms with Crippen LogP contribution in [0.5, 0.6) is 5.75 Å². The van der Waals surface area contributed by atoms with Gasteiger partial charge in [-0.3, -0.25) is 4.79 Å². The van der Waals surface area contributed by atoms with Crippen LogP contribution in [0.3, 0.4) is 0 Å². The zero-order valence-electron chi connectivity index (χ0n) is 17.2. The molecule has 0 aliphatic carbocycles. The zero-order valence-corrected chi connectivity index (χ0v) is 17.2. The van der Waals surface area contributed by atoms with Crippen LogP contribution in [-0.4, -0.2) is 44.8 Å². The largest absolute Gasteiger partial charge is 0.491 e. The first-order valence-corrected chi connectivity index (χ1v) is 9.42. The van der Waals surface area contributed by atoms with Crippen LogP contribution in [-0.2, 0) is 16.1 Å². The van der Waals surface area contributed by atoms with Gasteiger partial charge >= 0.3 is 0 Å². The van der Waals surface area contributed by atoms with E-state index in [0.29, 0.717) is 45.4 Å². The number of nitrogens with zero attached hydrogens (tertiary/aromatic N) is 1. The molecule has 0 heterocycles. The van der Waals surface area contributed by atoms with Crippen molar-refractivity contribution in [3.05, 3.63) is 29.3 Å². The lowest BCUT2D eigenvalue weighted by molar-refractivity contribution is -0.125. The Kier molecular flexibility index (Phi) is 9.64. The van der Waals surface area contributed by atoms with Crippen molar-refractivity contribution in [2.45, 2.75) is 41.2 Å². The minimum absolute atomic E-state index is 0.352. The minimum atomic E-state index is -0.659. The number of nitrogens with two attached hydrogens (primary N) is 1. The minimum Gasteiger partial charge on any atom is -0.491 e. The number of primary amides is 1. The molecule has 1 rings (SSSR count). The van der Waals surface area contributed by atoms with Gasteiger partial charge in [-0.15, -0.1) is 0 Å². The highest BCUT2D eigenvalue weighted by molar-refractivity contribution is 5.83. The molecule has 0 aliphatic rings. The van der Waals surface area contributed by atoms with Crippen LogP contribution in [0.4, 0.5) is 0 Å². The second kappa shape index (κ2) is 11.4. The van der Waals surface area contributed by atoms with E-state index in [9.17, 15) is 4.79 Å². The van der Waals surface area contributed by atoms with E-state index in [4.69, 9.17) is 15.2 Å². The molecule has 0 bridgehead atoms. The Hall–Kier alpha value is -2.28. The first-order chi connectivity index (χ1) is 12.8. The van der Waals surface area contributed by atoms with Crippen molar-refractivity contribution < 1.29 is 14.3 Å². The van der Waals surface area contributed by atoms with Crippen LogP contribution >= 0.6 is 0 Å². The fraction of sp³-hybridized carbons (Fsp3) is 0.600. The Bertz CT molecular complexity index is 630. The van der Waals surface area contributed by atoms with E-state index in [1.807, 2.05) is 39.0 Å². The van der Waals surface area contributed by atoms with Gasteiger partial charge in [-0.1, -0.05) is 12.1 Å². The van der Waals surface area contributed by atoms with Gasteiger partial charge in [0.25, 0.3) is 0 Å². The molecule has 0 fully saturated rings. The van der Waals surface area contributed by atoms with E-state index in [-0.39, 0.29) is 5.91 Å². The molecule has 0 aliphatic heterocycles. The molecule has 4 N–H and O–H groups in total. The highest BCUT2D eigenvalue weighted by atomic mass is 16.5. The number of hydrogen-bond acceptors (Lipinski definition) is 4. The predicted molar refractivity (Wildman–Crippen MR) is 109 cm³/mol. The number of amides is 1. The topological polar surface area (TPSA) is 98.0 Å². The van der Waals surface area contributed by atoms with Crippen LogP contribution in [0.2, 0.25) is 0 Å². The summed E-state index contributed by atoms with van der Waals surface area (Å²) in [6, 6.07) is 6.07. The maximum atomic E-state index is 11.5. The fourth-order valence-corrected chi connectivity index (χ4v) is 2.18. The normalized spacial score (nSPS) is 12.0. The second-order valence-electron chi connectivity index (χ2n) is 6.95. The highest BCUT2D eigenvalue weighted by Gasteiger charge is 2.24. The molecule has 1 amide bonds. The molecule has 152 valence electrons. The third kappa shape index (κ3) is 8.30. The average Bonchev–Trinajstić information content (AvgIpc) is 2.62. The van der Waals surface area contributed by atoms with E-state index in [0.717, 1.165) is 16.9 Å². The molecule has 27 heavy (non-hydrogen) atoms. The molecule has 0 saturated heterocycles. The Morgan fingerprint density at radius 3 is 2.59 bits per heavy atom. The van der Waals surface area contributed by atoms with Gasteiger partial charge in [0.15, 0.2) is 5.96 Å². The number of nitrogens with one attached hydrogen (secondary N) is 2. The van der Waals surface area contributed by atoms with Gasteiger partial charge in [-0.25, -0.2) is 4.99 Å². The van der Waals surface area contributed by atoms with Gasteiger partial charge in [0.05, 0.1) is 18.6 Å². The van der Waals surface area contributed by atoms with Crippen molar-refractivity contribution in [3.8, 4) is 5.75 Å². The number of benzene rings is 1. The van der Waals surface area contributed by atoms with Gasteiger partial charge in [0.1, 0.15) is 12.4 Å². The Morgan fingerprint density at radius 2 is 1.96 bits per heavy atom. The lowest BCUT2D eigenvalue weighted by Crippen LogP contribution is -2.46. The number of guanidine groups is 1.